The van der Waals surface area contributed by atoms with Crippen molar-refractivity contribution in [2.45, 2.75) is 58.4 Å². The highest BCUT2D eigenvalue weighted by molar-refractivity contribution is 5.82. The molecule has 0 aromatic carbocycles. The third-order valence-corrected chi connectivity index (χ3v) is 3.36. The van der Waals surface area contributed by atoms with Gasteiger partial charge in [-0.3, -0.25) is 4.79 Å². The van der Waals surface area contributed by atoms with Crippen molar-refractivity contribution in [2.24, 2.45) is 5.92 Å². The fourth-order valence-corrected chi connectivity index (χ4v) is 2.26. The van der Waals surface area contributed by atoms with Gasteiger partial charge < -0.3 is 5.32 Å². The monoisotopic (exact) mass is 197 g/mol. The predicted octanol–water partition coefficient (Wildman–Crippen LogP) is 2.52. The van der Waals surface area contributed by atoms with E-state index in [-0.39, 0.29) is 5.92 Å². The Labute approximate surface area is 87.5 Å². The number of hydrogen-bond donors (Lipinski definition) is 1. The van der Waals surface area contributed by atoms with E-state index in [4.69, 9.17) is 0 Å². The summed E-state index contributed by atoms with van der Waals surface area (Å²) in [5.41, 5.74) is 0. The molecule has 1 rings (SSSR count). The fraction of sp³-hybridized carbons (Fsp3) is 0.917. The van der Waals surface area contributed by atoms with Crippen LogP contribution in [0.4, 0.5) is 0 Å². The average Bonchev–Trinajstić information content (AvgIpc) is 2.69. The molecule has 14 heavy (non-hydrogen) atoms. The first-order valence-electron chi connectivity index (χ1n) is 6.04. The summed E-state index contributed by atoms with van der Waals surface area (Å²) in [6.45, 7) is 4.79. The maximum Gasteiger partial charge on any atom is 0.149 e. The van der Waals surface area contributed by atoms with Crippen LogP contribution in [-0.2, 0) is 4.79 Å². The van der Waals surface area contributed by atoms with Gasteiger partial charge in [-0.25, -0.2) is 0 Å². The number of ketones is 1. The maximum atomic E-state index is 11.7. The molecule has 2 heteroatoms. The van der Waals surface area contributed by atoms with E-state index in [2.05, 4.69) is 19.2 Å². The van der Waals surface area contributed by atoms with Crippen LogP contribution in [0, 0.1) is 5.92 Å². The van der Waals surface area contributed by atoms with Crippen molar-refractivity contribution in [1.29, 1.82) is 0 Å². The molecule has 1 aliphatic carbocycles. The highest BCUT2D eigenvalue weighted by Crippen LogP contribution is 2.17. The summed E-state index contributed by atoms with van der Waals surface area (Å²) in [4.78, 5) is 11.7. The van der Waals surface area contributed by atoms with E-state index in [1.54, 1.807) is 0 Å². The molecule has 1 saturated carbocycles. The Morgan fingerprint density at radius 2 is 1.86 bits per heavy atom. The Hall–Kier alpha value is -0.370. The molecule has 0 unspecified atom stereocenters. The first-order valence-corrected chi connectivity index (χ1v) is 6.04. The van der Waals surface area contributed by atoms with E-state index < -0.39 is 0 Å². The molecular formula is C12H23NO. The minimum Gasteiger partial charge on any atom is -0.307 e. The van der Waals surface area contributed by atoms with Gasteiger partial charge in [0.1, 0.15) is 5.78 Å². The number of Topliss-reactive ketones (excluding diaryl/α,β-unsaturated/α-hetero) is 1. The van der Waals surface area contributed by atoms with Crippen molar-refractivity contribution in [2.75, 3.05) is 6.54 Å². The smallest absolute Gasteiger partial charge is 0.149 e. The van der Waals surface area contributed by atoms with Crippen molar-refractivity contribution >= 4 is 5.78 Å². The van der Waals surface area contributed by atoms with Gasteiger partial charge in [-0.2, -0.15) is 0 Å². The highest BCUT2D eigenvalue weighted by Gasteiger charge is 2.18. The minimum absolute atomic E-state index is 0.281. The SMILES string of the molecule is CCC(CC)C(=O)CNC1CCCC1. The third-order valence-electron chi connectivity index (χ3n) is 3.36. The standard InChI is InChI=1S/C12H23NO/c1-3-10(4-2)12(14)9-13-11-7-5-6-8-11/h10-11,13H,3-9H2,1-2H3. The molecule has 0 atom stereocenters. The Bertz CT molecular complexity index is 169. The van der Waals surface area contributed by atoms with Crippen LogP contribution in [0.1, 0.15) is 52.4 Å². The molecule has 1 fully saturated rings. The van der Waals surface area contributed by atoms with Gasteiger partial charge in [0.05, 0.1) is 6.54 Å². The Balaban J connectivity index is 2.18. The normalized spacial score (nSPS) is 17.9. The molecule has 0 aromatic heterocycles. The summed E-state index contributed by atoms with van der Waals surface area (Å²) >= 11 is 0. The minimum atomic E-state index is 0.281. The number of rotatable bonds is 6. The van der Waals surface area contributed by atoms with E-state index in [1.165, 1.54) is 25.7 Å². The average molecular weight is 197 g/mol. The number of nitrogens with one attached hydrogen (secondary N) is 1. The van der Waals surface area contributed by atoms with Gasteiger partial charge in [-0.15, -0.1) is 0 Å². The molecule has 0 radical (unpaired) electrons. The molecule has 82 valence electrons. The molecule has 0 aromatic rings. The second-order valence-electron chi connectivity index (χ2n) is 4.34. The third kappa shape index (κ3) is 3.41. The van der Waals surface area contributed by atoms with E-state index in [0.29, 0.717) is 18.4 Å². The molecule has 0 saturated heterocycles. The second-order valence-corrected chi connectivity index (χ2v) is 4.34. The van der Waals surface area contributed by atoms with Crippen LogP contribution >= 0.6 is 0 Å². The van der Waals surface area contributed by atoms with Crippen molar-refractivity contribution < 1.29 is 4.79 Å². The first kappa shape index (κ1) is 11.7. The summed E-state index contributed by atoms with van der Waals surface area (Å²) in [5, 5.41) is 3.38. The zero-order valence-electron chi connectivity index (χ0n) is 9.51. The largest absolute Gasteiger partial charge is 0.307 e. The van der Waals surface area contributed by atoms with Crippen molar-refractivity contribution in [1.82, 2.24) is 5.32 Å². The van der Waals surface area contributed by atoms with E-state index in [0.717, 1.165) is 12.8 Å². The van der Waals surface area contributed by atoms with Crippen LogP contribution in [0.15, 0.2) is 0 Å². The van der Waals surface area contributed by atoms with Gasteiger partial charge in [-0.1, -0.05) is 26.7 Å². The lowest BCUT2D eigenvalue weighted by atomic mass is 9.98. The lowest BCUT2D eigenvalue weighted by molar-refractivity contribution is -0.122. The van der Waals surface area contributed by atoms with Crippen LogP contribution < -0.4 is 5.32 Å². The summed E-state index contributed by atoms with van der Waals surface area (Å²) in [5.74, 6) is 0.686. The van der Waals surface area contributed by atoms with Gasteiger partial charge in [0, 0.05) is 12.0 Å². The molecular weight excluding hydrogens is 174 g/mol. The summed E-state index contributed by atoms with van der Waals surface area (Å²) in [7, 11) is 0. The zero-order chi connectivity index (χ0) is 10.4. The molecule has 0 spiro atoms. The van der Waals surface area contributed by atoms with Crippen LogP contribution in [-0.4, -0.2) is 18.4 Å². The second kappa shape index (κ2) is 6.18. The molecule has 0 heterocycles. The van der Waals surface area contributed by atoms with Crippen LogP contribution in [0.5, 0.6) is 0 Å². The van der Waals surface area contributed by atoms with E-state index >= 15 is 0 Å². The van der Waals surface area contributed by atoms with Gasteiger partial charge >= 0.3 is 0 Å². The maximum absolute atomic E-state index is 11.7. The van der Waals surface area contributed by atoms with Gasteiger partial charge in [0.15, 0.2) is 0 Å². The van der Waals surface area contributed by atoms with Gasteiger partial charge in [-0.05, 0) is 25.7 Å². The molecule has 0 amide bonds. The summed E-state index contributed by atoms with van der Waals surface area (Å²) < 4.78 is 0. The summed E-state index contributed by atoms with van der Waals surface area (Å²) in [6.07, 6.45) is 7.16. The number of hydrogen-bond acceptors (Lipinski definition) is 2. The number of carbonyl (C=O) groups is 1. The zero-order valence-corrected chi connectivity index (χ0v) is 9.51. The first-order chi connectivity index (χ1) is 6.77. The van der Waals surface area contributed by atoms with Gasteiger partial charge in [0.2, 0.25) is 0 Å². The summed E-state index contributed by atoms with van der Waals surface area (Å²) in [6, 6.07) is 0.619. The fourth-order valence-electron chi connectivity index (χ4n) is 2.26. The molecule has 0 bridgehead atoms. The van der Waals surface area contributed by atoms with Crippen molar-refractivity contribution in [3.8, 4) is 0 Å². The highest BCUT2D eigenvalue weighted by atomic mass is 16.1. The van der Waals surface area contributed by atoms with Crippen LogP contribution in [0.2, 0.25) is 0 Å². The Morgan fingerprint density at radius 1 is 1.29 bits per heavy atom. The topological polar surface area (TPSA) is 29.1 Å². The number of carbonyl (C=O) groups excluding carboxylic acids is 1. The van der Waals surface area contributed by atoms with Crippen LogP contribution in [0.25, 0.3) is 0 Å². The van der Waals surface area contributed by atoms with E-state index in [9.17, 15) is 4.79 Å². The molecule has 2 nitrogen and oxygen atoms in total. The van der Waals surface area contributed by atoms with E-state index in [1.807, 2.05) is 0 Å². The Kier molecular flexibility index (Phi) is 5.16. The van der Waals surface area contributed by atoms with Crippen molar-refractivity contribution in [3.05, 3.63) is 0 Å². The Morgan fingerprint density at radius 3 is 2.36 bits per heavy atom. The predicted molar refractivity (Wildman–Crippen MR) is 59.3 cm³/mol. The molecule has 0 aliphatic heterocycles. The molecule has 1 N–H and O–H groups in total. The van der Waals surface area contributed by atoms with Crippen molar-refractivity contribution in [3.63, 3.8) is 0 Å². The lowest BCUT2D eigenvalue weighted by Crippen LogP contribution is -2.34. The lowest BCUT2D eigenvalue weighted by Gasteiger charge is -2.15. The van der Waals surface area contributed by atoms with Gasteiger partial charge in [0.25, 0.3) is 0 Å². The van der Waals surface area contributed by atoms with Crippen LogP contribution in [0.3, 0.4) is 0 Å². The quantitative estimate of drug-likeness (QED) is 0.709. The molecule has 1 aliphatic rings.